The molecule has 3 heteroatoms. The van der Waals surface area contributed by atoms with Crippen molar-refractivity contribution in [1.29, 1.82) is 0 Å². The third-order valence-corrected chi connectivity index (χ3v) is 1.74. The monoisotopic (exact) mass is 169 g/mol. The molecule has 1 rings (SSSR count). The van der Waals surface area contributed by atoms with Crippen LogP contribution in [0.3, 0.4) is 0 Å². The summed E-state index contributed by atoms with van der Waals surface area (Å²) in [5.41, 5.74) is 6.86. The van der Waals surface area contributed by atoms with E-state index in [2.05, 4.69) is 0 Å². The van der Waals surface area contributed by atoms with Crippen molar-refractivity contribution < 1.29 is 9.13 Å². The molecule has 1 aromatic rings. The van der Waals surface area contributed by atoms with Crippen LogP contribution < -0.4 is 10.5 Å². The Morgan fingerprint density at radius 2 is 2.17 bits per heavy atom. The highest BCUT2D eigenvalue weighted by Crippen LogP contribution is 2.21. The summed E-state index contributed by atoms with van der Waals surface area (Å²) in [6, 6.07) is 3.33. The number of nitrogens with two attached hydrogens (primary N) is 1. The molecule has 0 fully saturated rings. The fraction of sp³-hybridized carbons (Fsp3) is 0.333. The second-order valence-electron chi connectivity index (χ2n) is 2.63. The summed E-state index contributed by atoms with van der Waals surface area (Å²) in [6.45, 7) is 2.09. The number of aryl methyl sites for hydroxylation is 1. The Hall–Kier alpha value is -1.09. The summed E-state index contributed by atoms with van der Waals surface area (Å²) in [4.78, 5) is 0. The highest BCUT2D eigenvalue weighted by Gasteiger charge is 2.06. The smallest absolute Gasteiger partial charge is 0.167 e. The molecule has 0 aliphatic carbocycles. The second kappa shape index (κ2) is 3.54. The van der Waals surface area contributed by atoms with E-state index in [1.807, 2.05) is 0 Å². The van der Waals surface area contributed by atoms with Crippen molar-refractivity contribution in [3.8, 4) is 5.75 Å². The summed E-state index contributed by atoms with van der Waals surface area (Å²) < 4.78 is 18.0. The maximum atomic E-state index is 13.2. The third-order valence-electron chi connectivity index (χ3n) is 1.74. The van der Waals surface area contributed by atoms with Gasteiger partial charge >= 0.3 is 0 Å². The largest absolute Gasteiger partial charge is 0.494 e. The Bertz CT molecular complexity index is 286. The molecule has 0 bridgehead atoms. The lowest BCUT2D eigenvalue weighted by Gasteiger charge is -2.06. The lowest BCUT2D eigenvalue weighted by Crippen LogP contribution is -1.99. The van der Waals surface area contributed by atoms with Crippen LogP contribution in [0.4, 0.5) is 4.39 Å². The predicted octanol–water partition coefficient (Wildman–Crippen LogP) is 1.60. The van der Waals surface area contributed by atoms with Gasteiger partial charge < -0.3 is 10.5 Å². The molecule has 12 heavy (non-hydrogen) atoms. The zero-order valence-electron chi connectivity index (χ0n) is 7.23. The minimum Gasteiger partial charge on any atom is -0.494 e. The van der Waals surface area contributed by atoms with Crippen molar-refractivity contribution in [3.05, 3.63) is 29.1 Å². The number of ether oxygens (including phenoxy) is 1. The molecule has 0 amide bonds. The van der Waals surface area contributed by atoms with Crippen LogP contribution in [-0.4, -0.2) is 7.11 Å². The zero-order chi connectivity index (χ0) is 9.14. The Morgan fingerprint density at radius 1 is 1.50 bits per heavy atom. The van der Waals surface area contributed by atoms with Crippen LogP contribution >= 0.6 is 0 Å². The third kappa shape index (κ3) is 1.56. The van der Waals surface area contributed by atoms with E-state index in [0.717, 1.165) is 5.56 Å². The topological polar surface area (TPSA) is 35.2 Å². The van der Waals surface area contributed by atoms with Gasteiger partial charge in [-0.2, -0.15) is 0 Å². The van der Waals surface area contributed by atoms with Crippen molar-refractivity contribution in [2.75, 3.05) is 7.11 Å². The van der Waals surface area contributed by atoms with Gasteiger partial charge in [0.25, 0.3) is 0 Å². The molecule has 0 atom stereocenters. The standard InChI is InChI=1S/C9H12FNO/c1-6-3-7(5-11)4-8(12-2)9(6)10/h3-4H,5,11H2,1-2H3. The first-order chi connectivity index (χ1) is 5.69. The first-order valence-corrected chi connectivity index (χ1v) is 3.72. The zero-order valence-corrected chi connectivity index (χ0v) is 7.23. The maximum Gasteiger partial charge on any atom is 0.167 e. The van der Waals surface area contributed by atoms with Crippen LogP contribution in [0.2, 0.25) is 0 Å². The lowest BCUT2D eigenvalue weighted by molar-refractivity contribution is 0.384. The van der Waals surface area contributed by atoms with Crippen LogP contribution in [-0.2, 0) is 6.54 Å². The van der Waals surface area contributed by atoms with Crippen LogP contribution in [0, 0.1) is 12.7 Å². The molecule has 0 radical (unpaired) electrons. The van der Waals surface area contributed by atoms with Crippen LogP contribution in [0.5, 0.6) is 5.75 Å². The molecule has 0 aliphatic heterocycles. The highest BCUT2D eigenvalue weighted by atomic mass is 19.1. The number of benzene rings is 1. The van der Waals surface area contributed by atoms with E-state index in [4.69, 9.17) is 10.5 Å². The Morgan fingerprint density at radius 3 is 2.67 bits per heavy atom. The second-order valence-corrected chi connectivity index (χ2v) is 2.63. The quantitative estimate of drug-likeness (QED) is 0.729. The maximum absolute atomic E-state index is 13.2. The van der Waals surface area contributed by atoms with Gasteiger partial charge in [-0.3, -0.25) is 0 Å². The predicted molar refractivity (Wildman–Crippen MR) is 45.6 cm³/mol. The molecule has 0 saturated heterocycles. The van der Waals surface area contributed by atoms with Gasteiger partial charge in [0, 0.05) is 6.54 Å². The van der Waals surface area contributed by atoms with Crippen molar-refractivity contribution in [2.45, 2.75) is 13.5 Å². The molecule has 2 nitrogen and oxygen atoms in total. The Labute approximate surface area is 71.1 Å². The molecule has 2 N–H and O–H groups in total. The average Bonchev–Trinajstić information content (AvgIpc) is 2.09. The fourth-order valence-electron chi connectivity index (χ4n) is 1.08. The SMILES string of the molecule is COc1cc(CN)cc(C)c1F. The van der Waals surface area contributed by atoms with Crippen LogP contribution in [0.1, 0.15) is 11.1 Å². The molecule has 1 aromatic carbocycles. The van der Waals surface area contributed by atoms with Gasteiger partial charge in [0.1, 0.15) is 0 Å². The van der Waals surface area contributed by atoms with Gasteiger partial charge in [0.05, 0.1) is 7.11 Å². The molecule has 0 spiro atoms. The summed E-state index contributed by atoms with van der Waals surface area (Å²) >= 11 is 0. The number of halogens is 1. The van der Waals surface area contributed by atoms with Crippen LogP contribution in [0.25, 0.3) is 0 Å². The summed E-state index contributed by atoms with van der Waals surface area (Å²) in [5, 5.41) is 0. The molecule has 0 heterocycles. The van der Waals surface area contributed by atoms with Gasteiger partial charge in [-0.05, 0) is 24.1 Å². The normalized spacial score (nSPS) is 10.0. The first kappa shape index (κ1) is 9.00. The van der Waals surface area contributed by atoms with Crippen molar-refractivity contribution >= 4 is 0 Å². The number of methoxy groups -OCH3 is 1. The van der Waals surface area contributed by atoms with Gasteiger partial charge in [0.15, 0.2) is 11.6 Å². The summed E-state index contributed by atoms with van der Waals surface area (Å²) in [7, 11) is 1.44. The molecule has 0 saturated carbocycles. The molecular weight excluding hydrogens is 157 g/mol. The average molecular weight is 169 g/mol. The summed E-state index contributed by atoms with van der Waals surface area (Å²) in [5.74, 6) is -0.0508. The van der Waals surface area contributed by atoms with E-state index in [1.165, 1.54) is 7.11 Å². The molecule has 0 unspecified atom stereocenters. The van der Waals surface area contributed by atoms with E-state index in [1.54, 1.807) is 19.1 Å². The van der Waals surface area contributed by atoms with Crippen molar-refractivity contribution in [2.24, 2.45) is 5.73 Å². The number of hydrogen-bond donors (Lipinski definition) is 1. The lowest BCUT2D eigenvalue weighted by atomic mass is 10.1. The Balaban J connectivity index is 3.19. The summed E-state index contributed by atoms with van der Waals surface area (Å²) in [6.07, 6.45) is 0. The van der Waals surface area contributed by atoms with Gasteiger partial charge in [-0.1, -0.05) is 6.07 Å². The van der Waals surface area contributed by atoms with E-state index >= 15 is 0 Å². The van der Waals surface area contributed by atoms with E-state index < -0.39 is 0 Å². The van der Waals surface area contributed by atoms with E-state index in [9.17, 15) is 4.39 Å². The van der Waals surface area contributed by atoms with E-state index in [-0.39, 0.29) is 11.6 Å². The highest BCUT2D eigenvalue weighted by molar-refractivity contribution is 5.35. The minimum atomic E-state index is -0.310. The fourth-order valence-corrected chi connectivity index (χ4v) is 1.08. The molecule has 0 aromatic heterocycles. The molecular formula is C9H12FNO. The minimum absolute atomic E-state index is 0.260. The van der Waals surface area contributed by atoms with Gasteiger partial charge in [-0.25, -0.2) is 4.39 Å². The number of rotatable bonds is 2. The molecule has 0 aliphatic rings. The number of hydrogen-bond acceptors (Lipinski definition) is 2. The molecule has 66 valence electrons. The van der Waals surface area contributed by atoms with Gasteiger partial charge in [-0.15, -0.1) is 0 Å². The Kier molecular flexibility index (Phi) is 2.65. The van der Waals surface area contributed by atoms with Crippen molar-refractivity contribution in [1.82, 2.24) is 0 Å². The first-order valence-electron chi connectivity index (χ1n) is 3.72. The van der Waals surface area contributed by atoms with Crippen molar-refractivity contribution in [3.63, 3.8) is 0 Å². The van der Waals surface area contributed by atoms with E-state index in [0.29, 0.717) is 12.1 Å². The van der Waals surface area contributed by atoms with Gasteiger partial charge in [0.2, 0.25) is 0 Å². The van der Waals surface area contributed by atoms with Crippen LogP contribution in [0.15, 0.2) is 12.1 Å².